The fraction of sp³-hybridized carbons (Fsp3) is 0.294. The maximum Gasteiger partial charge on any atom is 0.137 e. The molecule has 0 amide bonds. The molecule has 0 spiro atoms. The van der Waals surface area contributed by atoms with Gasteiger partial charge in [0.2, 0.25) is 0 Å². The lowest BCUT2D eigenvalue weighted by Gasteiger charge is -2.22. The topological polar surface area (TPSA) is 29.5 Å². The molecule has 1 aliphatic rings. The second kappa shape index (κ2) is 6.16. The van der Waals surface area contributed by atoms with E-state index in [1.165, 1.54) is 11.6 Å². The monoisotopic (exact) mass is 350 g/mol. The lowest BCUT2D eigenvalue weighted by molar-refractivity contribution is 0.156. The first-order valence-corrected chi connectivity index (χ1v) is 7.81. The van der Waals surface area contributed by atoms with Crippen LogP contribution in [0.25, 0.3) is 0 Å². The Balaban J connectivity index is 1.77. The van der Waals surface area contributed by atoms with Gasteiger partial charge in [0.1, 0.15) is 18.2 Å². The van der Waals surface area contributed by atoms with Crippen molar-refractivity contribution in [3.63, 3.8) is 0 Å². The van der Waals surface area contributed by atoms with Crippen molar-refractivity contribution in [2.75, 3.05) is 0 Å². The van der Waals surface area contributed by atoms with Crippen molar-refractivity contribution in [2.24, 2.45) is 0 Å². The highest BCUT2D eigenvalue weighted by molar-refractivity contribution is 9.10. The molecule has 0 fully saturated rings. The molecule has 110 valence electrons. The van der Waals surface area contributed by atoms with Crippen LogP contribution in [-0.2, 0) is 13.0 Å². The van der Waals surface area contributed by atoms with Gasteiger partial charge in [0, 0.05) is 5.56 Å². The van der Waals surface area contributed by atoms with Gasteiger partial charge >= 0.3 is 0 Å². The Morgan fingerprint density at radius 2 is 2.14 bits per heavy atom. The zero-order valence-electron chi connectivity index (χ0n) is 11.5. The third-order valence-electron chi connectivity index (χ3n) is 3.83. The first-order valence-electron chi connectivity index (χ1n) is 7.02. The fourth-order valence-corrected chi connectivity index (χ4v) is 3.04. The van der Waals surface area contributed by atoms with Gasteiger partial charge in [-0.15, -0.1) is 0 Å². The van der Waals surface area contributed by atoms with Crippen molar-refractivity contribution < 1.29 is 14.2 Å². The summed E-state index contributed by atoms with van der Waals surface area (Å²) in [5.41, 5.74) is 2.90. The quantitative estimate of drug-likeness (QED) is 0.880. The van der Waals surface area contributed by atoms with Crippen molar-refractivity contribution in [3.8, 4) is 5.75 Å². The summed E-state index contributed by atoms with van der Waals surface area (Å²) in [6.45, 7) is 0.285. The van der Waals surface area contributed by atoms with Gasteiger partial charge in [-0.1, -0.05) is 18.2 Å². The molecule has 0 bridgehead atoms. The summed E-state index contributed by atoms with van der Waals surface area (Å²) in [6, 6.07) is 10.7. The highest BCUT2D eigenvalue weighted by Crippen LogP contribution is 2.32. The van der Waals surface area contributed by atoms with Gasteiger partial charge < -0.3 is 9.84 Å². The van der Waals surface area contributed by atoms with Gasteiger partial charge in [0.15, 0.2) is 0 Å². The molecule has 2 aromatic carbocycles. The van der Waals surface area contributed by atoms with E-state index in [1.54, 1.807) is 6.07 Å². The number of benzene rings is 2. The number of hydrogen-bond acceptors (Lipinski definition) is 2. The number of aliphatic hydroxyl groups excluding tert-OH is 1. The van der Waals surface area contributed by atoms with Crippen molar-refractivity contribution in [3.05, 3.63) is 63.4 Å². The predicted octanol–water partition coefficient (Wildman–Crippen LogP) is 4.54. The maximum atomic E-state index is 13.4. The average molecular weight is 351 g/mol. The Hall–Kier alpha value is -1.39. The molecular formula is C17H16BrFO2. The Labute approximate surface area is 131 Å². The van der Waals surface area contributed by atoms with Crippen molar-refractivity contribution >= 4 is 15.9 Å². The van der Waals surface area contributed by atoms with E-state index in [2.05, 4.69) is 15.9 Å². The fourth-order valence-electron chi connectivity index (χ4n) is 2.66. The molecule has 1 aliphatic carbocycles. The van der Waals surface area contributed by atoms with Crippen molar-refractivity contribution in [1.29, 1.82) is 0 Å². The molecule has 2 aromatic rings. The van der Waals surface area contributed by atoms with Crippen LogP contribution in [0.1, 0.15) is 35.6 Å². The Morgan fingerprint density at radius 1 is 1.29 bits per heavy atom. The summed E-state index contributed by atoms with van der Waals surface area (Å²) in [5.74, 6) is 0.405. The van der Waals surface area contributed by atoms with Crippen LogP contribution in [0.2, 0.25) is 0 Å². The normalized spacial score (nSPS) is 17.4. The van der Waals surface area contributed by atoms with E-state index >= 15 is 0 Å². The molecule has 2 nitrogen and oxygen atoms in total. The molecule has 0 aromatic heterocycles. The van der Waals surface area contributed by atoms with E-state index in [-0.39, 0.29) is 12.4 Å². The van der Waals surface area contributed by atoms with Crippen LogP contribution in [0.15, 0.2) is 40.9 Å². The minimum atomic E-state index is -0.404. The minimum absolute atomic E-state index is 0.285. The van der Waals surface area contributed by atoms with Gasteiger partial charge in [0.05, 0.1) is 10.6 Å². The Kier molecular flexibility index (Phi) is 4.27. The zero-order valence-corrected chi connectivity index (χ0v) is 13.1. The Bertz CT molecular complexity index is 657. The molecule has 1 atom stereocenters. The van der Waals surface area contributed by atoms with E-state index < -0.39 is 6.10 Å². The van der Waals surface area contributed by atoms with Crippen LogP contribution in [-0.4, -0.2) is 5.11 Å². The number of hydrogen-bond donors (Lipinski definition) is 1. The predicted molar refractivity (Wildman–Crippen MR) is 82.8 cm³/mol. The van der Waals surface area contributed by atoms with Crippen LogP contribution in [0.4, 0.5) is 4.39 Å². The first kappa shape index (κ1) is 14.5. The van der Waals surface area contributed by atoms with E-state index in [4.69, 9.17) is 4.74 Å². The van der Waals surface area contributed by atoms with Gasteiger partial charge in [-0.2, -0.15) is 0 Å². The second-order valence-electron chi connectivity index (χ2n) is 5.27. The van der Waals surface area contributed by atoms with Gasteiger partial charge in [0.25, 0.3) is 0 Å². The van der Waals surface area contributed by atoms with Crippen molar-refractivity contribution in [2.45, 2.75) is 32.0 Å². The summed E-state index contributed by atoms with van der Waals surface area (Å²) in [7, 11) is 0. The summed E-state index contributed by atoms with van der Waals surface area (Å²) < 4.78 is 19.6. The standard InChI is InChI=1S/C17H16BrFO2/c18-17-12(4-1-5-15(17)19)10-21-13-8-7-11-3-2-6-16(20)14(11)9-13/h1,4-5,7-9,16,20H,2-3,6,10H2. The zero-order chi connectivity index (χ0) is 14.8. The number of rotatable bonds is 3. The minimum Gasteiger partial charge on any atom is -0.489 e. The number of fused-ring (bicyclic) bond motifs is 1. The molecule has 0 saturated carbocycles. The molecule has 0 saturated heterocycles. The third-order valence-corrected chi connectivity index (χ3v) is 4.71. The van der Waals surface area contributed by atoms with Crippen LogP contribution in [0, 0.1) is 5.82 Å². The maximum absolute atomic E-state index is 13.4. The van der Waals surface area contributed by atoms with E-state index in [0.717, 1.165) is 30.4 Å². The third kappa shape index (κ3) is 3.11. The summed E-state index contributed by atoms with van der Waals surface area (Å²) in [6.07, 6.45) is 2.41. The van der Waals surface area contributed by atoms with E-state index in [9.17, 15) is 9.50 Å². The summed E-state index contributed by atoms with van der Waals surface area (Å²) in [5, 5.41) is 10.0. The highest BCUT2D eigenvalue weighted by atomic mass is 79.9. The van der Waals surface area contributed by atoms with Gasteiger partial charge in [-0.3, -0.25) is 0 Å². The van der Waals surface area contributed by atoms with Gasteiger partial charge in [-0.25, -0.2) is 4.39 Å². The lowest BCUT2D eigenvalue weighted by Crippen LogP contribution is -2.09. The Morgan fingerprint density at radius 3 is 3.00 bits per heavy atom. The molecule has 3 rings (SSSR count). The molecule has 0 radical (unpaired) electrons. The molecule has 0 aliphatic heterocycles. The summed E-state index contributed by atoms with van der Waals surface area (Å²) >= 11 is 3.23. The van der Waals surface area contributed by atoms with Crippen LogP contribution in [0.5, 0.6) is 5.75 Å². The molecule has 1 N–H and O–H groups in total. The first-order chi connectivity index (χ1) is 10.1. The molecule has 4 heteroatoms. The summed E-state index contributed by atoms with van der Waals surface area (Å²) in [4.78, 5) is 0. The van der Waals surface area contributed by atoms with Crippen molar-refractivity contribution in [1.82, 2.24) is 0 Å². The number of halogens is 2. The smallest absolute Gasteiger partial charge is 0.137 e. The SMILES string of the molecule is OC1CCCc2ccc(OCc3cccc(F)c3Br)cc21. The molecule has 1 unspecified atom stereocenters. The molecular weight excluding hydrogens is 335 g/mol. The van der Waals surface area contributed by atoms with Crippen LogP contribution in [0.3, 0.4) is 0 Å². The number of ether oxygens (including phenoxy) is 1. The number of aryl methyl sites for hydroxylation is 1. The van der Waals surface area contributed by atoms with Gasteiger partial charge in [-0.05, 0) is 64.5 Å². The van der Waals surface area contributed by atoms with E-state index in [0.29, 0.717) is 10.2 Å². The van der Waals surface area contributed by atoms with E-state index in [1.807, 2.05) is 24.3 Å². The average Bonchev–Trinajstić information content (AvgIpc) is 2.49. The van der Waals surface area contributed by atoms with Crippen LogP contribution >= 0.6 is 15.9 Å². The second-order valence-corrected chi connectivity index (χ2v) is 6.06. The number of aliphatic hydroxyl groups is 1. The lowest BCUT2D eigenvalue weighted by atomic mass is 9.89. The van der Waals surface area contributed by atoms with Crippen LogP contribution < -0.4 is 4.74 Å². The highest BCUT2D eigenvalue weighted by Gasteiger charge is 2.18. The molecule has 0 heterocycles. The largest absolute Gasteiger partial charge is 0.489 e. The molecule has 21 heavy (non-hydrogen) atoms.